The Morgan fingerprint density at radius 3 is 0.962 bits per heavy atom. The molecular weight excluding hydrogens is 1170 g/mol. The van der Waals surface area contributed by atoms with Crippen LogP contribution < -0.4 is 10.2 Å². The van der Waals surface area contributed by atoms with Gasteiger partial charge in [-0.15, -0.1) is 46.9 Å². The monoisotopic (exact) mass is 1220 g/mol. The zero-order valence-electron chi connectivity index (χ0n) is 43.4. The Morgan fingerprint density at radius 1 is 0.354 bits per heavy atom. The molecule has 79 heavy (non-hydrogen) atoms. The molecule has 10 aromatic carbocycles. The van der Waals surface area contributed by atoms with Gasteiger partial charge in [0.2, 0.25) is 0 Å². The van der Waals surface area contributed by atoms with Crippen LogP contribution in [0.2, 0.25) is 0 Å². The first-order valence-electron chi connectivity index (χ1n) is 25.7. The Morgan fingerprint density at radius 2 is 0.646 bits per heavy atom. The zero-order valence-corrected chi connectivity index (χ0v) is 48.7. The van der Waals surface area contributed by atoms with Crippen molar-refractivity contribution in [3.63, 3.8) is 0 Å². The number of rotatable bonds is 7. The van der Waals surface area contributed by atoms with E-state index >= 15 is 0 Å². The van der Waals surface area contributed by atoms with Crippen LogP contribution in [-0.4, -0.2) is 19.1 Å². The Hall–Kier alpha value is -8.73. The van der Waals surface area contributed by atoms with Crippen molar-refractivity contribution in [2.75, 3.05) is 0 Å². The summed E-state index contributed by atoms with van der Waals surface area (Å²) in [7, 11) is 0. The number of benzene rings is 10. The summed E-state index contributed by atoms with van der Waals surface area (Å²) in [5, 5.41) is 39.6. The molecule has 0 unspecified atom stereocenters. The van der Waals surface area contributed by atoms with Gasteiger partial charge in [-0.3, -0.25) is 0 Å². The SMILES string of the molecule is Cc1cc(-c2ccccc2-c2csc(-c3nc(-c4ccccc4-c4cc(C)cc(-n5c6ccccc6c6ccccc65)c4[O-])cs3)n2)c([O-])c(-n2c3ccccc3c3ccccc32)c1.[CH2-]c1ccccc1.[CH2-]c1ccccc1.[Hf+4]. The first-order chi connectivity index (χ1) is 38.2. The predicted molar refractivity (Wildman–Crippen MR) is 324 cm³/mol. The number of nitrogens with zero attached hydrogens (tertiary/aromatic N) is 4. The van der Waals surface area contributed by atoms with E-state index in [2.05, 4.69) is 71.5 Å². The van der Waals surface area contributed by atoms with Crippen molar-refractivity contribution < 1.29 is 36.1 Å². The van der Waals surface area contributed by atoms with Crippen LogP contribution in [0.5, 0.6) is 11.5 Å². The first-order valence-corrected chi connectivity index (χ1v) is 27.4. The number of para-hydroxylation sites is 4. The van der Waals surface area contributed by atoms with Crippen molar-refractivity contribution >= 4 is 66.3 Å². The second-order valence-electron chi connectivity index (χ2n) is 19.2. The molecule has 0 aliphatic heterocycles. The van der Waals surface area contributed by atoms with Crippen molar-refractivity contribution in [1.82, 2.24) is 19.1 Å². The smallest absolute Gasteiger partial charge is 0.871 e. The van der Waals surface area contributed by atoms with Crippen LogP contribution in [0.15, 0.2) is 241 Å². The van der Waals surface area contributed by atoms with Gasteiger partial charge in [0.15, 0.2) is 10.0 Å². The number of fused-ring (bicyclic) bond motifs is 6. The van der Waals surface area contributed by atoms with Crippen LogP contribution in [0.3, 0.4) is 0 Å². The average molecular weight is 1220 g/mol. The fourth-order valence-electron chi connectivity index (χ4n) is 10.4. The maximum atomic E-state index is 14.7. The van der Waals surface area contributed by atoms with E-state index in [1.807, 2.05) is 207 Å². The van der Waals surface area contributed by atoms with Gasteiger partial charge < -0.3 is 19.3 Å². The van der Waals surface area contributed by atoms with Crippen LogP contribution >= 0.6 is 22.7 Å². The Balaban J connectivity index is 0.000000385. The van der Waals surface area contributed by atoms with Crippen molar-refractivity contribution in [2.45, 2.75) is 13.8 Å². The summed E-state index contributed by atoms with van der Waals surface area (Å²) < 4.78 is 4.21. The second-order valence-corrected chi connectivity index (χ2v) is 20.9. The maximum Gasteiger partial charge on any atom is 4.00 e. The quantitative estimate of drug-likeness (QED) is 0.118. The fourth-order valence-corrected chi connectivity index (χ4v) is 12.1. The van der Waals surface area contributed by atoms with Gasteiger partial charge in [0.25, 0.3) is 0 Å². The van der Waals surface area contributed by atoms with Crippen molar-refractivity contribution in [3.8, 4) is 77.7 Å². The van der Waals surface area contributed by atoms with Gasteiger partial charge in [0, 0.05) is 54.8 Å². The third kappa shape index (κ3) is 10.2. The average Bonchev–Trinajstić information content (AvgIpc) is 4.48. The molecule has 14 rings (SSSR count). The molecule has 6 nitrogen and oxygen atoms in total. The molecule has 0 bridgehead atoms. The third-order valence-corrected chi connectivity index (χ3v) is 15.8. The summed E-state index contributed by atoms with van der Waals surface area (Å²) in [5.74, 6) is -0.0828. The number of hydrogen-bond donors (Lipinski definition) is 0. The van der Waals surface area contributed by atoms with E-state index in [-0.39, 0.29) is 37.3 Å². The molecule has 0 radical (unpaired) electrons. The molecule has 0 aliphatic carbocycles. The molecule has 0 aliphatic rings. The predicted octanol–water partition coefficient (Wildman–Crippen LogP) is 17.6. The van der Waals surface area contributed by atoms with Crippen molar-refractivity contribution in [1.29, 1.82) is 0 Å². The van der Waals surface area contributed by atoms with Gasteiger partial charge in [0.1, 0.15) is 0 Å². The Kier molecular flexibility index (Phi) is 15.0. The standard InChI is InChI=1S/C56H38N4O2S2.2C7H7.Hf/c1-33-27-43(53(61)51(29-33)59-47-23-11-7-19-39(47)40-20-8-12-24-48(40)59)35-15-3-5-17-37(35)45-31-63-55(57-45)56-58-46(32-64-56)38-18-6-4-16-36(38)44-28-34(2)30-52(54(44)62)60-49-25-13-9-21-41(49)42-22-10-14-26-50(42)60;2*1-7-5-3-2-4-6-7;/h3-32,61-62H,1-2H3;2*2-6H,1H2;/q;2*-1;+4/p-2. The molecule has 0 saturated carbocycles. The summed E-state index contributed by atoms with van der Waals surface area (Å²) in [4.78, 5) is 10.3. The third-order valence-electron chi connectivity index (χ3n) is 13.9. The number of aromatic nitrogens is 4. The molecule has 4 aromatic heterocycles. The molecule has 0 fully saturated rings. The van der Waals surface area contributed by atoms with Crippen LogP contribution in [0.25, 0.3) is 110 Å². The number of thiazole rings is 2. The number of hydrogen-bond acceptors (Lipinski definition) is 6. The molecule has 4 heterocycles. The molecule has 0 saturated heterocycles. The molecule has 14 aromatic rings. The molecule has 0 N–H and O–H groups in total. The van der Waals surface area contributed by atoms with Crippen molar-refractivity contribution in [2.24, 2.45) is 0 Å². The van der Waals surface area contributed by atoms with Gasteiger partial charge in [-0.1, -0.05) is 157 Å². The van der Waals surface area contributed by atoms with E-state index in [4.69, 9.17) is 9.97 Å². The van der Waals surface area contributed by atoms with Gasteiger partial charge in [-0.25, -0.2) is 9.97 Å². The molecule has 0 spiro atoms. The van der Waals surface area contributed by atoms with E-state index < -0.39 is 0 Å². The molecule has 0 amide bonds. The van der Waals surface area contributed by atoms with Crippen molar-refractivity contribution in [3.05, 3.63) is 277 Å². The zero-order chi connectivity index (χ0) is 53.3. The van der Waals surface area contributed by atoms with E-state index in [1.165, 1.54) is 22.7 Å². The van der Waals surface area contributed by atoms with E-state index in [1.54, 1.807) is 0 Å². The van der Waals surface area contributed by atoms with Crippen LogP contribution in [0.1, 0.15) is 22.3 Å². The summed E-state index contributed by atoms with van der Waals surface area (Å²) in [5.41, 5.74) is 15.6. The van der Waals surface area contributed by atoms with Gasteiger partial charge in [0.05, 0.1) is 33.5 Å². The second kappa shape index (κ2) is 22.7. The molecule has 378 valence electrons. The minimum Gasteiger partial charge on any atom is -0.871 e. The normalized spacial score (nSPS) is 11.0. The largest absolute Gasteiger partial charge is 4.00 e. The summed E-state index contributed by atoms with van der Waals surface area (Å²) >= 11 is 3.06. The van der Waals surface area contributed by atoms with Crippen LogP contribution in [-0.2, 0) is 25.8 Å². The maximum absolute atomic E-state index is 14.7. The van der Waals surface area contributed by atoms with E-state index in [0.29, 0.717) is 22.5 Å². The van der Waals surface area contributed by atoms with Crippen LogP contribution in [0, 0.1) is 27.7 Å². The van der Waals surface area contributed by atoms with Gasteiger partial charge in [-0.2, -0.15) is 49.2 Å². The number of aryl methyl sites for hydroxylation is 2. The van der Waals surface area contributed by atoms with Gasteiger partial charge in [-0.05, 0) is 83.6 Å². The Labute approximate surface area is 486 Å². The Bertz CT molecular complexity index is 4090. The molecule has 9 heteroatoms. The van der Waals surface area contributed by atoms with Gasteiger partial charge >= 0.3 is 25.8 Å². The van der Waals surface area contributed by atoms with E-state index in [0.717, 1.165) is 110 Å². The topological polar surface area (TPSA) is 81.8 Å². The van der Waals surface area contributed by atoms with Crippen LogP contribution in [0.4, 0.5) is 0 Å². The molecular formula is C70H50HfN4O2S2. The summed E-state index contributed by atoms with van der Waals surface area (Å²) in [6.45, 7) is 11.5. The first kappa shape index (κ1) is 52.3. The minimum atomic E-state index is -0.0414. The summed E-state index contributed by atoms with van der Waals surface area (Å²) in [6.07, 6.45) is 0. The summed E-state index contributed by atoms with van der Waals surface area (Å²) in [6, 6.07) is 76.8. The fraction of sp³-hybridized carbons (Fsp3) is 0.0286. The molecule has 0 atom stereocenters. The van der Waals surface area contributed by atoms with E-state index in [9.17, 15) is 10.2 Å². The minimum absolute atomic E-state index is 0.